The molecule has 0 amide bonds. The maximum atomic E-state index is 5.79. The van der Waals surface area contributed by atoms with Gasteiger partial charge in [-0.05, 0) is 6.07 Å². The van der Waals surface area contributed by atoms with Gasteiger partial charge in [-0.2, -0.15) is 0 Å². The Hall–Kier alpha value is -0.510. The van der Waals surface area contributed by atoms with Crippen LogP contribution in [0.2, 0.25) is 5.15 Å². The number of imidazole rings is 1. The fourth-order valence-corrected chi connectivity index (χ4v) is 1.34. The molecule has 70 valence electrons. The number of hydrogen-bond donors (Lipinski definition) is 1. The molecule has 0 saturated heterocycles. The highest BCUT2D eigenvalue weighted by Gasteiger charge is 2.04. The minimum absolute atomic E-state index is 0. The SMILES string of the molecule is Cl.ClCc1nc2c(Cl)nccc2[nH]1. The molecular weight excluding hydrogens is 232 g/mol. The molecule has 2 rings (SSSR count). The Morgan fingerprint density at radius 3 is 2.85 bits per heavy atom. The Morgan fingerprint density at radius 2 is 2.23 bits per heavy atom. The number of aromatic amines is 1. The third kappa shape index (κ3) is 1.88. The van der Waals surface area contributed by atoms with Gasteiger partial charge in [0.25, 0.3) is 0 Å². The van der Waals surface area contributed by atoms with Crippen molar-refractivity contribution < 1.29 is 0 Å². The number of fused-ring (bicyclic) bond motifs is 1. The quantitative estimate of drug-likeness (QED) is 0.613. The summed E-state index contributed by atoms with van der Waals surface area (Å²) in [6, 6.07) is 1.81. The van der Waals surface area contributed by atoms with Crippen molar-refractivity contribution in [2.24, 2.45) is 0 Å². The van der Waals surface area contributed by atoms with Crippen molar-refractivity contribution >= 4 is 46.6 Å². The molecule has 13 heavy (non-hydrogen) atoms. The maximum Gasteiger partial charge on any atom is 0.156 e. The van der Waals surface area contributed by atoms with Crippen molar-refractivity contribution in [3.8, 4) is 0 Å². The van der Waals surface area contributed by atoms with E-state index in [9.17, 15) is 0 Å². The normalized spacial score (nSPS) is 10.0. The van der Waals surface area contributed by atoms with Crippen LogP contribution in [0.1, 0.15) is 5.82 Å². The molecule has 0 fully saturated rings. The van der Waals surface area contributed by atoms with Gasteiger partial charge in [0.05, 0.1) is 11.4 Å². The van der Waals surface area contributed by atoms with Gasteiger partial charge in [-0.1, -0.05) is 11.6 Å². The van der Waals surface area contributed by atoms with Gasteiger partial charge in [0, 0.05) is 6.20 Å². The first-order valence-electron chi connectivity index (χ1n) is 3.36. The van der Waals surface area contributed by atoms with Crippen LogP contribution in [0.25, 0.3) is 11.0 Å². The zero-order chi connectivity index (χ0) is 8.55. The third-order valence-corrected chi connectivity index (χ3v) is 2.06. The van der Waals surface area contributed by atoms with Crippen LogP contribution in [0, 0.1) is 0 Å². The second kappa shape index (κ2) is 4.13. The maximum absolute atomic E-state index is 5.79. The summed E-state index contributed by atoms with van der Waals surface area (Å²) in [5.74, 6) is 1.06. The van der Waals surface area contributed by atoms with E-state index >= 15 is 0 Å². The van der Waals surface area contributed by atoms with E-state index in [2.05, 4.69) is 15.0 Å². The molecule has 0 aliphatic carbocycles. The predicted octanol–water partition coefficient (Wildman–Crippen LogP) is 2.77. The largest absolute Gasteiger partial charge is 0.341 e. The second-order valence-corrected chi connectivity index (χ2v) is 2.94. The summed E-state index contributed by atoms with van der Waals surface area (Å²) in [5.41, 5.74) is 1.54. The first kappa shape index (κ1) is 10.6. The van der Waals surface area contributed by atoms with Gasteiger partial charge in [0.1, 0.15) is 11.3 Å². The van der Waals surface area contributed by atoms with Crippen molar-refractivity contribution in [2.75, 3.05) is 0 Å². The summed E-state index contributed by atoms with van der Waals surface area (Å²) >= 11 is 11.4. The molecule has 0 atom stereocenters. The average Bonchev–Trinajstić information content (AvgIpc) is 2.49. The van der Waals surface area contributed by atoms with Crippen molar-refractivity contribution in [3.05, 3.63) is 23.2 Å². The highest BCUT2D eigenvalue weighted by Crippen LogP contribution is 2.18. The summed E-state index contributed by atoms with van der Waals surface area (Å²) in [5, 5.41) is 0.403. The lowest BCUT2D eigenvalue weighted by molar-refractivity contribution is 1.13. The van der Waals surface area contributed by atoms with Crippen LogP contribution in [0.15, 0.2) is 12.3 Å². The smallest absolute Gasteiger partial charge is 0.156 e. The van der Waals surface area contributed by atoms with Crippen LogP contribution < -0.4 is 0 Å². The second-order valence-electron chi connectivity index (χ2n) is 2.32. The molecule has 0 saturated carbocycles. The lowest BCUT2D eigenvalue weighted by Crippen LogP contribution is -1.77. The number of halogens is 3. The molecule has 0 aromatic carbocycles. The number of H-pyrrole nitrogens is 1. The first-order valence-corrected chi connectivity index (χ1v) is 4.27. The molecule has 6 heteroatoms. The molecule has 2 aromatic heterocycles. The molecule has 0 spiro atoms. The lowest BCUT2D eigenvalue weighted by atomic mass is 10.4. The van der Waals surface area contributed by atoms with Gasteiger partial charge in [-0.25, -0.2) is 9.97 Å². The molecule has 2 heterocycles. The number of hydrogen-bond acceptors (Lipinski definition) is 2. The number of rotatable bonds is 1. The van der Waals surface area contributed by atoms with E-state index in [-0.39, 0.29) is 12.4 Å². The number of aromatic nitrogens is 3. The molecule has 0 unspecified atom stereocenters. The van der Waals surface area contributed by atoms with Crippen LogP contribution >= 0.6 is 35.6 Å². The van der Waals surface area contributed by atoms with Gasteiger partial charge in [0.2, 0.25) is 0 Å². The predicted molar refractivity (Wildman–Crippen MR) is 55.7 cm³/mol. The highest BCUT2D eigenvalue weighted by molar-refractivity contribution is 6.33. The Kier molecular flexibility index (Phi) is 3.36. The van der Waals surface area contributed by atoms with E-state index in [1.54, 1.807) is 6.20 Å². The standard InChI is InChI=1S/C7H5Cl2N3.ClH/c8-3-5-11-4-1-2-10-7(9)6(4)12-5;/h1-2H,3H2,(H,11,12);1H. The topological polar surface area (TPSA) is 41.6 Å². The molecular formula is C7H6Cl3N3. The fourth-order valence-electron chi connectivity index (χ4n) is 1.02. The van der Waals surface area contributed by atoms with E-state index in [0.717, 1.165) is 5.52 Å². The first-order chi connectivity index (χ1) is 5.81. The van der Waals surface area contributed by atoms with Crippen LogP contribution in [-0.2, 0) is 5.88 Å². The fraction of sp³-hybridized carbons (Fsp3) is 0.143. The minimum Gasteiger partial charge on any atom is -0.341 e. The molecule has 3 nitrogen and oxygen atoms in total. The lowest BCUT2D eigenvalue weighted by Gasteiger charge is -1.87. The summed E-state index contributed by atoms with van der Waals surface area (Å²) in [6.07, 6.45) is 1.63. The third-order valence-electron chi connectivity index (χ3n) is 1.53. The van der Waals surface area contributed by atoms with Crippen molar-refractivity contribution in [1.29, 1.82) is 0 Å². The summed E-state index contributed by atoms with van der Waals surface area (Å²) < 4.78 is 0. The van der Waals surface area contributed by atoms with Crippen LogP contribution in [0.3, 0.4) is 0 Å². The van der Waals surface area contributed by atoms with Gasteiger partial charge < -0.3 is 4.98 Å². The number of nitrogens with one attached hydrogen (secondary N) is 1. The molecule has 0 aliphatic rings. The Bertz CT molecular complexity index is 412. The van der Waals surface area contributed by atoms with Crippen molar-refractivity contribution in [2.45, 2.75) is 5.88 Å². The van der Waals surface area contributed by atoms with Gasteiger partial charge >= 0.3 is 0 Å². The Balaban J connectivity index is 0.000000845. The zero-order valence-electron chi connectivity index (χ0n) is 6.42. The molecule has 0 aliphatic heterocycles. The number of alkyl halides is 1. The van der Waals surface area contributed by atoms with Crippen LogP contribution in [0.4, 0.5) is 0 Å². The van der Waals surface area contributed by atoms with E-state index in [1.165, 1.54) is 0 Å². The van der Waals surface area contributed by atoms with Crippen LogP contribution in [-0.4, -0.2) is 15.0 Å². The summed E-state index contributed by atoms with van der Waals surface area (Å²) in [4.78, 5) is 11.1. The van der Waals surface area contributed by atoms with E-state index < -0.39 is 0 Å². The van der Waals surface area contributed by atoms with E-state index in [1.807, 2.05) is 6.07 Å². The van der Waals surface area contributed by atoms with E-state index in [4.69, 9.17) is 23.2 Å². The number of nitrogens with zero attached hydrogens (tertiary/aromatic N) is 2. The molecule has 1 N–H and O–H groups in total. The summed E-state index contributed by atoms with van der Waals surface area (Å²) in [7, 11) is 0. The van der Waals surface area contributed by atoms with Crippen LogP contribution in [0.5, 0.6) is 0 Å². The average molecular weight is 239 g/mol. The molecule has 0 bridgehead atoms. The summed E-state index contributed by atoms with van der Waals surface area (Å²) in [6.45, 7) is 0. The molecule has 0 radical (unpaired) electrons. The number of pyridine rings is 1. The highest BCUT2D eigenvalue weighted by atomic mass is 35.5. The van der Waals surface area contributed by atoms with Gasteiger partial charge in [0.15, 0.2) is 5.15 Å². The zero-order valence-corrected chi connectivity index (χ0v) is 8.75. The van der Waals surface area contributed by atoms with E-state index in [0.29, 0.717) is 22.4 Å². The monoisotopic (exact) mass is 237 g/mol. The Morgan fingerprint density at radius 1 is 1.46 bits per heavy atom. The molecule has 2 aromatic rings. The van der Waals surface area contributed by atoms with Crippen molar-refractivity contribution in [1.82, 2.24) is 15.0 Å². The van der Waals surface area contributed by atoms with Gasteiger partial charge in [-0.3, -0.25) is 0 Å². The minimum atomic E-state index is 0. The van der Waals surface area contributed by atoms with Crippen molar-refractivity contribution in [3.63, 3.8) is 0 Å². The van der Waals surface area contributed by atoms with Gasteiger partial charge in [-0.15, -0.1) is 24.0 Å². The Labute approximate surface area is 90.9 Å².